The highest BCUT2D eigenvalue weighted by atomic mass is 16.7. The lowest BCUT2D eigenvalue weighted by Gasteiger charge is -2.34. The number of esters is 1. The number of carboxylic acids is 1. The molecule has 268 valence electrons. The standard InChI is InChI=1S/C13H20O5.C12H16N2O3.C9H14O4/c1-2-16-12(15)9-11(14)10-3-5-13(6-4-10)17-7-8-18-13;15-11(14-6-5-13-9-14)10-1-3-12(4-2-10)16-7-8-17-12;10-8(11)7-1-3-9(4-2-7)12-5-6-13-9/h10H,2-9H2,1H3;5-6,9-10H,1-4,7-8H2;7H,1-6H2,(H,10,11). The molecule has 6 aliphatic rings. The molecule has 0 amide bonds. The smallest absolute Gasteiger partial charge is 0.313 e. The predicted octanol–water partition coefficient (Wildman–Crippen LogP) is 3.90. The Balaban J connectivity index is 0.000000143. The molecule has 3 spiro atoms. The van der Waals surface area contributed by atoms with Gasteiger partial charge in [-0.2, -0.15) is 0 Å². The van der Waals surface area contributed by atoms with Crippen LogP contribution in [0.1, 0.15) is 95.2 Å². The van der Waals surface area contributed by atoms with Crippen LogP contribution in [0.25, 0.3) is 0 Å². The Hall–Kier alpha value is -2.75. The van der Waals surface area contributed by atoms with E-state index in [9.17, 15) is 19.2 Å². The monoisotopic (exact) mass is 678 g/mol. The molecule has 3 aliphatic carbocycles. The summed E-state index contributed by atoms with van der Waals surface area (Å²) in [5, 5.41) is 8.79. The molecule has 1 aromatic heterocycles. The van der Waals surface area contributed by atoms with Crippen molar-refractivity contribution >= 4 is 23.6 Å². The van der Waals surface area contributed by atoms with Gasteiger partial charge in [0.2, 0.25) is 5.91 Å². The molecule has 1 aromatic rings. The minimum atomic E-state index is -0.687. The van der Waals surface area contributed by atoms with Gasteiger partial charge in [0.05, 0.1) is 52.2 Å². The van der Waals surface area contributed by atoms with E-state index in [4.69, 9.17) is 38.3 Å². The van der Waals surface area contributed by atoms with E-state index in [2.05, 4.69) is 4.98 Å². The van der Waals surface area contributed by atoms with Gasteiger partial charge in [0, 0.05) is 62.8 Å². The summed E-state index contributed by atoms with van der Waals surface area (Å²) >= 11 is 0. The first-order valence-corrected chi connectivity index (χ1v) is 17.4. The average Bonchev–Trinajstić information content (AvgIpc) is 3.93. The summed E-state index contributed by atoms with van der Waals surface area (Å²) in [6.07, 6.45) is 13.8. The highest BCUT2D eigenvalue weighted by molar-refractivity contribution is 5.96. The van der Waals surface area contributed by atoms with E-state index in [1.165, 1.54) is 0 Å². The second-order valence-corrected chi connectivity index (χ2v) is 13.2. The Kier molecular flexibility index (Phi) is 12.8. The van der Waals surface area contributed by atoms with Crippen molar-refractivity contribution < 1.29 is 57.4 Å². The van der Waals surface area contributed by atoms with Gasteiger partial charge < -0.3 is 38.3 Å². The van der Waals surface area contributed by atoms with Crippen LogP contribution < -0.4 is 0 Å². The number of carbonyl (C=O) groups excluding carboxylic acids is 3. The van der Waals surface area contributed by atoms with Crippen molar-refractivity contribution in [3.63, 3.8) is 0 Å². The van der Waals surface area contributed by atoms with Gasteiger partial charge in [0.15, 0.2) is 17.4 Å². The van der Waals surface area contributed by atoms with Gasteiger partial charge in [-0.3, -0.25) is 23.7 Å². The van der Waals surface area contributed by atoms with Crippen LogP contribution in [-0.2, 0) is 47.5 Å². The number of carbonyl (C=O) groups is 4. The maximum Gasteiger partial charge on any atom is 0.313 e. The number of carboxylic acid groups (broad SMARTS) is 1. The van der Waals surface area contributed by atoms with E-state index < -0.39 is 23.5 Å². The number of ether oxygens (including phenoxy) is 7. The van der Waals surface area contributed by atoms with E-state index in [-0.39, 0.29) is 41.7 Å². The largest absolute Gasteiger partial charge is 0.481 e. The quantitative estimate of drug-likeness (QED) is 0.340. The number of hydrogen-bond acceptors (Lipinski definition) is 12. The van der Waals surface area contributed by atoms with Gasteiger partial charge >= 0.3 is 11.9 Å². The lowest BCUT2D eigenvalue weighted by atomic mass is 9.82. The van der Waals surface area contributed by atoms with Crippen LogP contribution in [0.3, 0.4) is 0 Å². The van der Waals surface area contributed by atoms with Crippen LogP contribution in [0.2, 0.25) is 0 Å². The number of ketones is 1. The summed E-state index contributed by atoms with van der Waals surface area (Å²) < 4.78 is 39.8. The normalized spacial score (nSPS) is 27.1. The van der Waals surface area contributed by atoms with Crippen molar-refractivity contribution in [1.82, 2.24) is 9.55 Å². The molecular formula is C34H50N2O12. The van der Waals surface area contributed by atoms with E-state index in [1.807, 2.05) is 0 Å². The van der Waals surface area contributed by atoms with Crippen LogP contribution in [0.4, 0.5) is 0 Å². The van der Waals surface area contributed by atoms with Crippen LogP contribution in [-0.4, -0.2) is 102 Å². The SMILES string of the molecule is CCOC(=O)CC(=O)C1CCC2(CC1)OCCO2.O=C(C1CCC2(CC1)OCCO2)n1ccnc1.O=C(O)C1CCC2(CC1)OCCO2. The van der Waals surface area contributed by atoms with Gasteiger partial charge in [0.25, 0.3) is 0 Å². The van der Waals surface area contributed by atoms with Gasteiger partial charge in [0.1, 0.15) is 18.5 Å². The van der Waals surface area contributed by atoms with E-state index in [0.717, 1.165) is 64.2 Å². The second kappa shape index (κ2) is 16.8. The number of aromatic nitrogens is 2. The molecule has 14 heteroatoms. The van der Waals surface area contributed by atoms with Gasteiger partial charge in [-0.05, 0) is 45.4 Å². The van der Waals surface area contributed by atoms with Crippen molar-refractivity contribution in [2.24, 2.45) is 17.8 Å². The Morgan fingerprint density at radius 1 is 0.708 bits per heavy atom. The Morgan fingerprint density at radius 2 is 1.12 bits per heavy atom. The summed E-state index contributed by atoms with van der Waals surface area (Å²) in [7, 11) is 0. The molecule has 0 unspecified atom stereocenters. The summed E-state index contributed by atoms with van der Waals surface area (Å²) in [6, 6.07) is 0. The number of Topliss-reactive ketones (excluding diaryl/α,β-unsaturated/α-hetero) is 1. The summed E-state index contributed by atoms with van der Waals surface area (Å²) in [4.78, 5) is 49.8. The second-order valence-electron chi connectivity index (χ2n) is 13.2. The van der Waals surface area contributed by atoms with Crippen LogP contribution in [0.15, 0.2) is 18.7 Å². The first-order valence-electron chi connectivity index (χ1n) is 17.4. The molecule has 3 aliphatic heterocycles. The van der Waals surface area contributed by atoms with Crippen molar-refractivity contribution in [3.8, 4) is 0 Å². The van der Waals surface area contributed by atoms with Gasteiger partial charge in [-0.25, -0.2) is 4.98 Å². The molecule has 0 aromatic carbocycles. The highest BCUT2D eigenvalue weighted by Crippen LogP contribution is 2.40. The van der Waals surface area contributed by atoms with Crippen molar-refractivity contribution in [2.75, 3.05) is 46.2 Å². The van der Waals surface area contributed by atoms with Crippen LogP contribution in [0.5, 0.6) is 0 Å². The van der Waals surface area contributed by atoms with E-state index >= 15 is 0 Å². The van der Waals surface area contributed by atoms with E-state index in [0.29, 0.717) is 59.1 Å². The number of rotatable bonds is 6. The fourth-order valence-corrected chi connectivity index (χ4v) is 7.44. The summed E-state index contributed by atoms with van der Waals surface area (Å²) in [5.41, 5.74) is 0. The molecule has 0 radical (unpaired) electrons. The molecule has 3 saturated heterocycles. The van der Waals surface area contributed by atoms with Gasteiger partial charge in [-0.15, -0.1) is 0 Å². The Bertz CT molecular complexity index is 1190. The molecule has 0 bridgehead atoms. The zero-order valence-electron chi connectivity index (χ0n) is 27.9. The maximum atomic E-state index is 12.1. The summed E-state index contributed by atoms with van der Waals surface area (Å²) in [6.45, 7) is 6.00. The topological polar surface area (TPSA) is 171 Å². The highest BCUT2D eigenvalue weighted by Gasteiger charge is 2.44. The minimum Gasteiger partial charge on any atom is -0.481 e. The van der Waals surface area contributed by atoms with Crippen molar-refractivity contribution in [3.05, 3.63) is 18.7 Å². The number of hydrogen-bond donors (Lipinski definition) is 1. The first-order chi connectivity index (χ1) is 23.2. The Morgan fingerprint density at radius 3 is 1.50 bits per heavy atom. The van der Waals surface area contributed by atoms with Crippen molar-refractivity contribution in [2.45, 2.75) is 108 Å². The fraction of sp³-hybridized carbons (Fsp3) is 0.794. The van der Waals surface area contributed by atoms with Crippen LogP contribution >= 0.6 is 0 Å². The zero-order valence-corrected chi connectivity index (χ0v) is 27.9. The molecule has 3 saturated carbocycles. The molecule has 14 nitrogen and oxygen atoms in total. The third kappa shape index (κ3) is 9.48. The number of nitrogens with zero attached hydrogens (tertiary/aromatic N) is 2. The third-order valence-electron chi connectivity index (χ3n) is 10.2. The maximum absolute atomic E-state index is 12.1. The third-order valence-corrected chi connectivity index (χ3v) is 10.2. The average molecular weight is 679 g/mol. The first kappa shape index (κ1) is 36.5. The minimum absolute atomic E-state index is 0.0127. The molecule has 6 fully saturated rings. The predicted molar refractivity (Wildman–Crippen MR) is 167 cm³/mol. The zero-order chi connectivity index (χ0) is 34.0. The fourth-order valence-electron chi connectivity index (χ4n) is 7.44. The number of aliphatic carboxylic acids is 1. The molecule has 7 rings (SSSR count). The Labute approximate surface area is 281 Å². The summed E-state index contributed by atoms with van der Waals surface area (Å²) in [5.74, 6) is -2.41. The van der Waals surface area contributed by atoms with Gasteiger partial charge in [-0.1, -0.05) is 0 Å². The molecular weight excluding hydrogens is 628 g/mol. The molecule has 1 N–H and O–H groups in total. The molecule has 0 atom stereocenters. The van der Waals surface area contributed by atoms with Crippen LogP contribution in [0, 0.1) is 17.8 Å². The van der Waals surface area contributed by atoms with Crippen molar-refractivity contribution in [1.29, 1.82) is 0 Å². The molecule has 4 heterocycles. The lowest BCUT2D eigenvalue weighted by molar-refractivity contribution is -0.186. The number of imidazole rings is 1. The van der Waals surface area contributed by atoms with E-state index in [1.54, 1.807) is 30.2 Å². The lowest BCUT2D eigenvalue weighted by Crippen LogP contribution is -2.38. The molecule has 48 heavy (non-hydrogen) atoms.